The number of benzene rings is 1. The summed E-state index contributed by atoms with van der Waals surface area (Å²) in [6.07, 6.45) is 6.09. The molecular weight excluding hydrogens is 350 g/mol. The molecule has 0 atom stereocenters. The number of hydrogen-bond donors (Lipinski definition) is 1. The van der Waals surface area contributed by atoms with Gasteiger partial charge in [0.15, 0.2) is 6.61 Å². The second kappa shape index (κ2) is 8.57. The van der Waals surface area contributed by atoms with Crippen molar-refractivity contribution >= 4 is 17.7 Å². The molecule has 1 aliphatic carbocycles. The van der Waals surface area contributed by atoms with Gasteiger partial charge in [-0.1, -0.05) is 12.8 Å². The summed E-state index contributed by atoms with van der Waals surface area (Å²) in [6.45, 7) is -0.399. The summed E-state index contributed by atoms with van der Waals surface area (Å²) >= 11 is 0. The molecule has 8 heteroatoms. The van der Waals surface area contributed by atoms with E-state index in [1.54, 1.807) is 24.4 Å². The highest BCUT2D eigenvalue weighted by Crippen LogP contribution is 2.31. The summed E-state index contributed by atoms with van der Waals surface area (Å²) in [5.41, 5.74) is 0.224. The summed E-state index contributed by atoms with van der Waals surface area (Å²) in [7, 11) is 2.97. The number of nitrogens with one attached hydrogen (secondary N) is 1. The van der Waals surface area contributed by atoms with Crippen molar-refractivity contribution in [2.24, 2.45) is 0 Å². The zero-order chi connectivity index (χ0) is 19.2. The van der Waals surface area contributed by atoms with E-state index >= 15 is 0 Å². The van der Waals surface area contributed by atoms with Gasteiger partial charge in [-0.25, -0.2) is 9.48 Å². The Morgan fingerprint density at radius 2 is 1.96 bits per heavy atom. The van der Waals surface area contributed by atoms with Gasteiger partial charge >= 0.3 is 5.97 Å². The third kappa shape index (κ3) is 4.39. The summed E-state index contributed by atoms with van der Waals surface area (Å²) < 4.78 is 17.2. The smallest absolute Gasteiger partial charge is 0.342 e. The van der Waals surface area contributed by atoms with Crippen LogP contribution < -0.4 is 14.8 Å². The van der Waals surface area contributed by atoms with Crippen LogP contribution >= 0.6 is 0 Å². The van der Waals surface area contributed by atoms with E-state index in [2.05, 4.69) is 10.4 Å². The van der Waals surface area contributed by atoms with Crippen LogP contribution in [0.4, 0.5) is 5.82 Å². The van der Waals surface area contributed by atoms with Gasteiger partial charge in [-0.05, 0) is 25.0 Å². The van der Waals surface area contributed by atoms with Crippen LogP contribution in [0.25, 0.3) is 0 Å². The Morgan fingerprint density at radius 1 is 1.19 bits per heavy atom. The lowest BCUT2D eigenvalue weighted by molar-refractivity contribution is -0.119. The first-order chi connectivity index (χ1) is 13.1. The largest absolute Gasteiger partial charge is 0.497 e. The van der Waals surface area contributed by atoms with E-state index in [4.69, 9.17) is 14.2 Å². The van der Waals surface area contributed by atoms with Crippen molar-refractivity contribution in [2.75, 3.05) is 26.1 Å². The van der Waals surface area contributed by atoms with E-state index in [9.17, 15) is 9.59 Å². The fourth-order valence-electron chi connectivity index (χ4n) is 3.21. The molecule has 8 nitrogen and oxygen atoms in total. The van der Waals surface area contributed by atoms with Crippen molar-refractivity contribution in [3.05, 3.63) is 36.0 Å². The second-order valence-electron chi connectivity index (χ2n) is 6.29. The van der Waals surface area contributed by atoms with Gasteiger partial charge in [0, 0.05) is 12.1 Å². The molecule has 144 valence electrons. The minimum atomic E-state index is -0.644. The fourth-order valence-corrected chi connectivity index (χ4v) is 3.21. The number of hydrogen-bond acceptors (Lipinski definition) is 6. The van der Waals surface area contributed by atoms with E-state index in [-0.39, 0.29) is 5.56 Å². The highest BCUT2D eigenvalue weighted by molar-refractivity contribution is 5.96. The van der Waals surface area contributed by atoms with Crippen LogP contribution in [-0.2, 0) is 9.53 Å². The Hall–Kier alpha value is -3.03. The Morgan fingerprint density at radius 3 is 2.67 bits per heavy atom. The maximum atomic E-state index is 12.3. The number of carbonyl (C=O) groups excluding carboxylic acids is 2. The molecule has 1 heterocycles. The van der Waals surface area contributed by atoms with Crippen LogP contribution in [0.2, 0.25) is 0 Å². The molecule has 1 N–H and O–H groups in total. The molecule has 0 bridgehead atoms. The predicted octanol–water partition coefficient (Wildman–Crippen LogP) is 2.81. The van der Waals surface area contributed by atoms with Gasteiger partial charge in [0.2, 0.25) is 0 Å². The number of esters is 1. The van der Waals surface area contributed by atoms with Crippen molar-refractivity contribution in [1.29, 1.82) is 0 Å². The number of amides is 1. The highest BCUT2D eigenvalue weighted by atomic mass is 16.5. The zero-order valence-electron chi connectivity index (χ0n) is 15.4. The summed E-state index contributed by atoms with van der Waals surface area (Å²) in [4.78, 5) is 24.5. The van der Waals surface area contributed by atoms with E-state index in [0.29, 0.717) is 23.4 Å². The highest BCUT2D eigenvalue weighted by Gasteiger charge is 2.21. The van der Waals surface area contributed by atoms with Crippen molar-refractivity contribution in [2.45, 2.75) is 31.7 Å². The van der Waals surface area contributed by atoms with Crippen LogP contribution in [0, 0.1) is 0 Å². The number of nitrogens with zero attached hydrogens (tertiary/aromatic N) is 2. The lowest BCUT2D eigenvalue weighted by Gasteiger charge is -2.15. The van der Waals surface area contributed by atoms with Gasteiger partial charge in [-0.15, -0.1) is 0 Å². The van der Waals surface area contributed by atoms with Gasteiger partial charge in [0.1, 0.15) is 22.9 Å². The maximum absolute atomic E-state index is 12.3. The Bertz CT molecular complexity index is 811. The van der Waals surface area contributed by atoms with E-state index in [1.165, 1.54) is 33.1 Å². The van der Waals surface area contributed by atoms with Gasteiger partial charge in [0.05, 0.1) is 26.5 Å². The molecular formula is C19H23N3O5. The monoisotopic (exact) mass is 373 g/mol. The molecule has 0 unspecified atom stereocenters. The van der Waals surface area contributed by atoms with Gasteiger partial charge < -0.3 is 19.5 Å². The Balaban J connectivity index is 1.58. The lowest BCUT2D eigenvalue weighted by Crippen LogP contribution is -2.23. The average Bonchev–Trinajstić information content (AvgIpc) is 3.37. The molecule has 1 amide bonds. The predicted molar refractivity (Wildman–Crippen MR) is 98.2 cm³/mol. The number of aromatic nitrogens is 2. The van der Waals surface area contributed by atoms with Crippen molar-refractivity contribution < 1.29 is 23.8 Å². The maximum Gasteiger partial charge on any atom is 0.342 e. The van der Waals surface area contributed by atoms with Crippen LogP contribution in [0.15, 0.2) is 30.5 Å². The zero-order valence-corrected chi connectivity index (χ0v) is 15.4. The van der Waals surface area contributed by atoms with Crippen LogP contribution in [0.1, 0.15) is 42.1 Å². The number of methoxy groups -OCH3 is 2. The molecule has 0 spiro atoms. The molecule has 3 rings (SSSR count). The van der Waals surface area contributed by atoms with Crippen molar-refractivity contribution in [1.82, 2.24) is 9.78 Å². The first kappa shape index (κ1) is 18.8. The number of carbonyl (C=O) groups is 2. The van der Waals surface area contributed by atoms with E-state index < -0.39 is 18.5 Å². The topological polar surface area (TPSA) is 91.7 Å². The van der Waals surface area contributed by atoms with E-state index in [1.807, 2.05) is 4.68 Å². The molecule has 1 fully saturated rings. The molecule has 1 aromatic heterocycles. The molecule has 1 aliphatic rings. The number of rotatable bonds is 7. The van der Waals surface area contributed by atoms with Crippen molar-refractivity contribution in [3.8, 4) is 11.5 Å². The Labute approximate surface area is 157 Å². The Kier molecular flexibility index (Phi) is 5.95. The summed E-state index contributed by atoms with van der Waals surface area (Å²) in [5, 5.41) is 7.05. The quantitative estimate of drug-likeness (QED) is 0.751. The lowest BCUT2D eigenvalue weighted by atomic mass is 10.2. The minimum Gasteiger partial charge on any atom is -0.497 e. The SMILES string of the molecule is COc1ccc(C(=O)OCC(=O)Nc2ccnn2C2CCCC2)c(OC)c1. The average molecular weight is 373 g/mol. The fraction of sp³-hybridized carbons (Fsp3) is 0.421. The van der Waals surface area contributed by atoms with Crippen LogP contribution in [0.5, 0.6) is 11.5 Å². The first-order valence-corrected chi connectivity index (χ1v) is 8.85. The normalized spacial score (nSPS) is 14.0. The number of anilines is 1. The molecule has 1 saturated carbocycles. The van der Waals surface area contributed by atoms with Gasteiger partial charge in [-0.2, -0.15) is 5.10 Å². The molecule has 0 radical (unpaired) electrons. The van der Waals surface area contributed by atoms with Crippen LogP contribution in [0.3, 0.4) is 0 Å². The molecule has 0 aliphatic heterocycles. The summed E-state index contributed by atoms with van der Waals surface area (Å²) in [5.74, 6) is 0.426. The number of ether oxygens (including phenoxy) is 3. The third-order valence-corrected chi connectivity index (χ3v) is 4.57. The standard InChI is InChI=1S/C19H23N3O5/c1-25-14-7-8-15(16(11-14)26-2)19(24)27-12-18(23)21-17-9-10-20-22(17)13-5-3-4-6-13/h7-11,13H,3-6,12H2,1-2H3,(H,21,23). The molecule has 27 heavy (non-hydrogen) atoms. The van der Waals surface area contributed by atoms with Gasteiger partial charge in [0.25, 0.3) is 5.91 Å². The molecule has 2 aromatic rings. The van der Waals surface area contributed by atoms with E-state index in [0.717, 1.165) is 12.8 Å². The van der Waals surface area contributed by atoms with Crippen LogP contribution in [-0.4, -0.2) is 42.5 Å². The first-order valence-electron chi connectivity index (χ1n) is 8.85. The molecule has 1 aromatic carbocycles. The minimum absolute atomic E-state index is 0.224. The third-order valence-electron chi connectivity index (χ3n) is 4.57. The molecule has 0 saturated heterocycles. The second-order valence-corrected chi connectivity index (χ2v) is 6.29. The van der Waals surface area contributed by atoms with Crippen molar-refractivity contribution in [3.63, 3.8) is 0 Å². The summed E-state index contributed by atoms with van der Waals surface area (Å²) in [6, 6.07) is 6.79. The van der Waals surface area contributed by atoms with Gasteiger partial charge in [-0.3, -0.25) is 4.79 Å².